The minimum Gasteiger partial charge on any atom is -0.495 e. The molecule has 0 aliphatic heterocycles. The summed E-state index contributed by atoms with van der Waals surface area (Å²) in [7, 11) is -0.921. The van der Waals surface area contributed by atoms with Crippen LogP contribution >= 0.6 is 0 Å². The van der Waals surface area contributed by atoms with Crippen LogP contribution in [0.15, 0.2) is 35.5 Å². The number of aromatic nitrogens is 2. The predicted octanol–water partition coefficient (Wildman–Crippen LogP) is 0.857. The van der Waals surface area contributed by atoms with Gasteiger partial charge in [0.15, 0.2) is 0 Å². The second kappa shape index (κ2) is 6.06. The maximum Gasteiger partial charge on any atom is 0.307 e. The average Bonchev–Trinajstić information content (AvgIpc) is 2.82. The Bertz CT molecular complexity index is 798. The number of nitrogens with one attached hydrogen (secondary N) is 1. The lowest BCUT2D eigenvalue weighted by Gasteiger charge is -2.11. The second-order valence-corrected chi connectivity index (χ2v) is 6.21. The second-order valence-electron chi connectivity index (χ2n) is 4.56. The molecule has 0 atom stereocenters. The number of carboxylic acids is 1. The van der Waals surface area contributed by atoms with Crippen molar-refractivity contribution in [3.63, 3.8) is 0 Å². The molecule has 0 aliphatic rings. The molecule has 9 heteroatoms. The van der Waals surface area contributed by atoms with Crippen molar-refractivity contribution in [2.75, 3.05) is 11.8 Å². The van der Waals surface area contributed by atoms with Gasteiger partial charge in [-0.25, -0.2) is 8.42 Å². The summed E-state index contributed by atoms with van der Waals surface area (Å²) >= 11 is 0. The lowest BCUT2D eigenvalue weighted by molar-refractivity contribution is -0.136. The fraction of sp³-hybridized carbons (Fsp3) is 0.231. The summed E-state index contributed by atoms with van der Waals surface area (Å²) < 4.78 is 33.8. The summed E-state index contributed by atoms with van der Waals surface area (Å²) in [5.41, 5.74) is 0.660. The van der Waals surface area contributed by atoms with Crippen LogP contribution in [0.1, 0.15) is 5.56 Å². The molecule has 8 nitrogen and oxygen atoms in total. The quantitative estimate of drug-likeness (QED) is 0.815. The number of methoxy groups -OCH3 is 1. The van der Waals surface area contributed by atoms with E-state index in [4.69, 9.17) is 9.84 Å². The highest BCUT2D eigenvalue weighted by molar-refractivity contribution is 7.92. The van der Waals surface area contributed by atoms with E-state index in [0.29, 0.717) is 11.3 Å². The Kier molecular flexibility index (Phi) is 4.36. The molecule has 0 bridgehead atoms. The number of aryl methyl sites for hydroxylation is 1. The zero-order chi connectivity index (χ0) is 16.3. The fourth-order valence-electron chi connectivity index (χ4n) is 1.90. The van der Waals surface area contributed by atoms with Gasteiger partial charge < -0.3 is 9.84 Å². The zero-order valence-corrected chi connectivity index (χ0v) is 12.8. The van der Waals surface area contributed by atoms with E-state index in [-0.39, 0.29) is 17.1 Å². The highest BCUT2D eigenvalue weighted by Crippen LogP contribution is 2.27. The zero-order valence-electron chi connectivity index (χ0n) is 12.0. The summed E-state index contributed by atoms with van der Waals surface area (Å²) in [4.78, 5) is 10.6. The third kappa shape index (κ3) is 3.55. The number of ether oxygens (including phenoxy) is 1. The molecule has 0 saturated heterocycles. The molecule has 0 fully saturated rings. The molecule has 2 aromatic rings. The molecule has 0 radical (unpaired) electrons. The Labute approximate surface area is 127 Å². The van der Waals surface area contributed by atoms with Crippen molar-refractivity contribution < 1.29 is 23.1 Å². The summed E-state index contributed by atoms with van der Waals surface area (Å²) in [5, 5.41) is 12.7. The first-order valence-electron chi connectivity index (χ1n) is 6.22. The van der Waals surface area contributed by atoms with Crippen molar-refractivity contribution in [3.05, 3.63) is 36.2 Å². The van der Waals surface area contributed by atoms with Crippen molar-refractivity contribution in [3.8, 4) is 5.75 Å². The topological polar surface area (TPSA) is 111 Å². The summed E-state index contributed by atoms with van der Waals surface area (Å²) in [6.07, 6.45) is 2.59. The standard InChI is InChI=1S/C13H15N3O5S/c1-16-8-10(7-14-16)15-22(19,20)12-5-9(6-13(17)18)3-4-11(12)21-2/h3-5,7-8,15H,6H2,1-2H3,(H,17,18). The lowest BCUT2D eigenvalue weighted by atomic mass is 10.1. The van der Waals surface area contributed by atoms with E-state index in [2.05, 4.69) is 9.82 Å². The van der Waals surface area contributed by atoms with E-state index >= 15 is 0 Å². The minimum atomic E-state index is -3.92. The Morgan fingerprint density at radius 2 is 2.18 bits per heavy atom. The molecule has 0 unspecified atom stereocenters. The van der Waals surface area contributed by atoms with E-state index in [0.717, 1.165) is 0 Å². The van der Waals surface area contributed by atoms with Gasteiger partial charge in [0.2, 0.25) is 0 Å². The first-order chi connectivity index (χ1) is 10.3. The van der Waals surface area contributed by atoms with Crippen LogP contribution in [-0.4, -0.2) is 36.4 Å². The van der Waals surface area contributed by atoms with Crippen LogP contribution in [0.4, 0.5) is 5.69 Å². The van der Waals surface area contributed by atoms with Crippen LogP contribution in [-0.2, 0) is 28.3 Å². The van der Waals surface area contributed by atoms with E-state index in [1.807, 2.05) is 0 Å². The number of anilines is 1. The van der Waals surface area contributed by atoms with Crippen LogP contribution in [0.5, 0.6) is 5.75 Å². The predicted molar refractivity (Wildman–Crippen MR) is 78.4 cm³/mol. The molecular weight excluding hydrogens is 310 g/mol. The molecule has 2 rings (SSSR count). The Hall–Kier alpha value is -2.55. The molecule has 0 aliphatic carbocycles. The lowest BCUT2D eigenvalue weighted by Crippen LogP contribution is -2.14. The van der Waals surface area contributed by atoms with E-state index in [1.54, 1.807) is 7.05 Å². The Morgan fingerprint density at radius 1 is 1.45 bits per heavy atom. The van der Waals surface area contributed by atoms with Crippen LogP contribution in [0.25, 0.3) is 0 Å². The van der Waals surface area contributed by atoms with Gasteiger partial charge in [0.1, 0.15) is 10.6 Å². The molecule has 2 N–H and O–H groups in total. The maximum atomic E-state index is 12.5. The Morgan fingerprint density at radius 3 is 2.73 bits per heavy atom. The van der Waals surface area contributed by atoms with Crippen LogP contribution in [0.2, 0.25) is 0 Å². The van der Waals surface area contributed by atoms with Crippen molar-refractivity contribution >= 4 is 21.7 Å². The van der Waals surface area contributed by atoms with Gasteiger partial charge in [0.25, 0.3) is 10.0 Å². The molecule has 1 heterocycles. The van der Waals surface area contributed by atoms with Crippen molar-refractivity contribution in [2.45, 2.75) is 11.3 Å². The molecule has 22 heavy (non-hydrogen) atoms. The highest BCUT2D eigenvalue weighted by atomic mass is 32.2. The van der Waals surface area contributed by atoms with Crippen LogP contribution in [0.3, 0.4) is 0 Å². The van der Waals surface area contributed by atoms with E-state index in [9.17, 15) is 13.2 Å². The number of hydrogen-bond acceptors (Lipinski definition) is 5. The monoisotopic (exact) mass is 325 g/mol. The SMILES string of the molecule is COc1ccc(CC(=O)O)cc1S(=O)(=O)Nc1cnn(C)c1. The number of sulfonamides is 1. The Balaban J connectivity index is 2.41. The molecular formula is C13H15N3O5S. The van der Waals surface area contributed by atoms with Gasteiger partial charge in [-0.1, -0.05) is 6.07 Å². The van der Waals surface area contributed by atoms with E-state index < -0.39 is 16.0 Å². The van der Waals surface area contributed by atoms with Gasteiger partial charge >= 0.3 is 5.97 Å². The third-order valence-electron chi connectivity index (χ3n) is 2.83. The van der Waals surface area contributed by atoms with Crippen molar-refractivity contribution in [1.82, 2.24) is 9.78 Å². The van der Waals surface area contributed by atoms with Crippen LogP contribution < -0.4 is 9.46 Å². The minimum absolute atomic E-state index is 0.127. The number of nitrogens with zero attached hydrogens (tertiary/aromatic N) is 2. The molecule has 0 amide bonds. The van der Waals surface area contributed by atoms with Crippen molar-refractivity contribution in [2.24, 2.45) is 7.05 Å². The third-order valence-corrected chi connectivity index (χ3v) is 4.23. The highest BCUT2D eigenvalue weighted by Gasteiger charge is 2.21. The first kappa shape index (κ1) is 15.8. The number of carbonyl (C=O) groups is 1. The molecule has 118 valence electrons. The molecule has 0 spiro atoms. The average molecular weight is 325 g/mol. The number of rotatable bonds is 6. The van der Waals surface area contributed by atoms with Crippen molar-refractivity contribution in [1.29, 1.82) is 0 Å². The maximum absolute atomic E-state index is 12.5. The van der Waals surface area contributed by atoms with Gasteiger partial charge in [-0.2, -0.15) is 5.10 Å². The van der Waals surface area contributed by atoms with E-state index in [1.165, 1.54) is 42.4 Å². The van der Waals surface area contributed by atoms with Gasteiger partial charge in [-0.15, -0.1) is 0 Å². The summed E-state index contributed by atoms with van der Waals surface area (Å²) in [5.74, 6) is -0.917. The molecule has 1 aromatic heterocycles. The number of carboxylic acid groups (broad SMARTS) is 1. The number of aliphatic carboxylic acids is 1. The van der Waals surface area contributed by atoms with Crippen LogP contribution in [0, 0.1) is 0 Å². The fourth-order valence-corrected chi connectivity index (χ4v) is 3.15. The number of hydrogen-bond donors (Lipinski definition) is 2. The molecule has 1 aromatic carbocycles. The van der Waals surface area contributed by atoms with Gasteiger partial charge in [0.05, 0.1) is 25.4 Å². The number of benzene rings is 1. The summed E-state index contributed by atoms with van der Waals surface area (Å²) in [6, 6.07) is 4.22. The van der Waals surface area contributed by atoms with Gasteiger partial charge in [-0.05, 0) is 17.7 Å². The smallest absolute Gasteiger partial charge is 0.307 e. The largest absolute Gasteiger partial charge is 0.495 e. The normalized spacial score (nSPS) is 11.2. The van der Waals surface area contributed by atoms with Gasteiger partial charge in [-0.3, -0.25) is 14.2 Å². The van der Waals surface area contributed by atoms with Gasteiger partial charge in [0, 0.05) is 13.2 Å². The summed E-state index contributed by atoms with van der Waals surface area (Å²) in [6.45, 7) is 0. The first-order valence-corrected chi connectivity index (χ1v) is 7.70. The molecule has 0 saturated carbocycles.